The quantitative estimate of drug-likeness (QED) is 0.737. The van der Waals surface area contributed by atoms with Gasteiger partial charge in [0, 0.05) is 5.69 Å². The second-order valence-electron chi connectivity index (χ2n) is 4.28. The van der Waals surface area contributed by atoms with Crippen molar-refractivity contribution in [2.24, 2.45) is 0 Å². The maximum atomic E-state index is 11.9. The van der Waals surface area contributed by atoms with Gasteiger partial charge in [-0.25, -0.2) is 9.97 Å². The predicted octanol–water partition coefficient (Wildman–Crippen LogP) is 2.42. The van der Waals surface area contributed by atoms with Crippen LogP contribution in [0.5, 0.6) is 0 Å². The zero-order chi connectivity index (χ0) is 13.4. The Balaban J connectivity index is 1.86. The number of fused-ring (bicyclic) bond motifs is 1. The van der Waals surface area contributed by atoms with Crippen molar-refractivity contribution in [2.45, 2.75) is 13.8 Å². The standard InChI is InChI=1S/C13H12N4O2/c1-7-6-14-13(19-7)12(18)17-9-3-4-10-11(5-9)16-8(2)15-10/h3-6H,1-2H3,(H,15,16)(H,17,18). The third-order valence-corrected chi connectivity index (χ3v) is 2.67. The predicted molar refractivity (Wildman–Crippen MR) is 70.0 cm³/mol. The molecule has 0 spiro atoms. The minimum atomic E-state index is -0.372. The van der Waals surface area contributed by atoms with Gasteiger partial charge in [-0.05, 0) is 32.0 Å². The number of nitrogens with zero attached hydrogens (tertiary/aromatic N) is 2. The lowest BCUT2D eigenvalue weighted by atomic mass is 10.3. The molecule has 0 atom stereocenters. The molecule has 2 N–H and O–H groups in total. The van der Waals surface area contributed by atoms with Crippen LogP contribution in [0.4, 0.5) is 5.69 Å². The molecule has 3 rings (SSSR count). The second-order valence-corrected chi connectivity index (χ2v) is 4.28. The van der Waals surface area contributed by atoms with E-state index >= 15 is 0 Å². The van der Waals surface area contributed by atoms with Crippen molar-refractivity contribution < 1.29 is 9.21 Å². The summed E-state index contributed by atoms with van der Waals surface area (Å²) in [6, 6.07) is 5.45. The van der Waals surface area contributed by atoms with Gasteiger partial charge in [0.05, 0.1) is 17.2 Å². The Morgan fingerprint density at radius 1 is 1.37 bits per heavy atom. The van der Waals surface area contributed by atoms with Crippen LogP contribution in [0.2, 0.25) is 0 Å². The lowest BCUT2D eigenvalue weighted by Crippen LogP contribution is -2.12. The van der Waals surface area contributed by atoms with Gasteiger partial charge < -0.3 is 14.7 Å². The molecule has 0 bridgehead atoms. The zero-order valence-electron chi connectivity index (χ0n) is 10.5. The van der Waals surface area contributed by atoms with Gasteiger partial charge in [0.1, 0.15) is 11.6 Å². The Morgan fingerprint density at radius 3 is 2.95 bits per heavy atom. The van der Waals surface area contributed by atoms with E-state index in [0.29, 0.717) is 11.4 Å². The molecule has 0 fully saturated rings. The average Bonchev–Trinajstić information content (AvgIpc) is 2.93. The fourth-order valence-electron chi connectivity index (χ4n) is 1.86. The first kappa shape index (κ1) is 11.5. The summed E-state index contributed by atoms with van der Waals surface area (Å²) in [6.07, 6.45) is 1.51. The van der Waals surface area contributed by atoms with E-state index < -0.39 is 0 Å². The van der Waals surface area contributed by atoms with E-state index in [1.807, 2.05) is 19.1 Å². The summed E-state index contributed by atoms with van der Waals surface area (Å²) >= 11 is 0. The summed E-state index contributed by atoms with van der Waals surface area (Å²) in [7, 11) is 0. The van der Waals surface area contributed by atoms with E-state index in [2.05, 4.69) is 20.3 Å². The average molecular weight is 256 g/mol. The molecule has 19 heavy (non-hydrogen) atoms. The molecule has 96 valence electrons. The van der Waals surface area contributed by atoms with Gasteiger partial charge in [-0.2, -0.15) is 0 Å². The van der Waals surface area contributed by atoms with Gasteiger partial charge in [-0.3, -0.25) is 4.79 Å². The minimum absolute atomic E-state index is 0.0541. The Kier molecular flexibility index (Phi) is 2.56. The molecule has 6 nitrogen and oxygen atoms in total. The minimum Gasteiger partial charge on any atom is -0.438 e. The molecule has 6 heteroatoms. The Hall–Kier alpha value is -2.63. The molecule has 1 amide bonds. The van der Waals surface area contributed by atoms with Crippen LogP contribution in [-0.4, -0.2) is 20.9 Å². The van der Waals surface area contributed by atoms with E-state index in [1.165, 1.54) is 6.20 Å². The van der Waals surface area contributed by atoms with Gasteiger partial charge in [-0.15, -0.1) is 0 Å². The Labute approximate surface area is 108 Å². The lowest BCUT2D eigenvalue weighted by molar-refractivity contribution is 0.0989. The van der Waals surface area contributed by atoms with E-state index in [0.717, 1.165) is 16.9 Å². The number of aromatic nitrogens is 3. The maximum Gasteiger partial charge on any atom is 0.311 e. The summed E-state index contributed by atoms with van der Waals surface area (Å²) in [5.74, 6) is 1.12. The number of rotatable bonds is 2. The van der Waals surface area contributed by atoms with Crippen molar-refractivity contribution in [1.29, 1.82) is 0 Å². The van der Waals surface area contributed by atoms with Gasteiger partial charge in [-0.1, -0.05) is 0 Å². The van der Waals surface area contributed by atoms with E-state index in [9.17, 15) is 4.79 Å². The number of hydrogen-bond donors (Lipinski definition) is 2. The van der Waals surface area contributed by atoms with Gasteiger partial charge in [0.2, 0.25) is 0 Å². The molecule has 1 aromatic carbocycles. The van der Waals surface area contributed by atoms with E-state index in [4.69, 9.17) is 4.42 Å². The summed E-state index contributed by atoms with van der Waals surface area (Å²) in [5, 5.41) is 2.73. The van der Waals surface area contributed by atoms with Crippen molar-refractivity contribution in [3.63, 3.8) is 0 Å². The maximum absolute atomic E-state index is 11.9. The number of aromatic amines is 1. The Morgan fingerprint density at radius 2 is 2.21 bits per heavy atom. The summed E-state index contributed by atoms with van der Waals surface area (Å²) in [5.41, 5.74) is 2.40. The summed E-state index contributed by atoms with van der Waals surface area (Å²) < 4.78 is 5.17. The van der Waals surface area contributed by atoms with Crippen molar-refractivity contribution in [2.75, 3.05) is 5.32 Å². The van der Waals surface area contributed by atoms with Gasteiger partial charge >= 0.3 is 5.91 Å². The summed E-state index contributed by atoms with van der Waals surface area (Å²) in [6.45, 7) is 3.62. The highest BCUT2D eigenvalue weighted by Gasteiger charge is 2.12. The summed E-state index contributed by atoms with van der Waals surface area (Å²) in [4.78, 5) is 23.2. The highest BCUT2D eigenvalue weighted by Crippen LogP contribution is 2.17. The fourth-order valence-corrected chi connectivity index (χ4v) is 1.86. The van der Waals surface area contributed by atoms with Crippen molar-refractivity contribution in [3.8, 4) is 0 Å². The number of anilines is 1. The van der Waals surface area contributed by atoms with E-state index in [1.54, 1.807) is 13.0 Å². The molecular weight excluding hydrogens is 244 g/mol. The monoisotopic (exact) mass is 256 g/mol. The van der Waals surface area contributed by atoms with Crippen LogP contribution < -0.4 is 5.32 Å². The number of nitrogens with one attached hydrogen (secondary N) is 2. The third kappa shape index (κ3) is 2.20. The van der Waals surface area contributed by atoms with Crippen LogP contribution in [0, 0.1) is 13.8 Å². The van der Waals surface area contributed by atoms with Crippen LogP contribution in [0.1, 0.15) is 22.3 Å². The van der Waals surface area contributed by atoms with Crippen LogP contribution in [0.15, 0.2) is 28.8 Å². The van der Waals surface area contributed by atoms with Crippen LogP contribution in [-0.2, 0) is 0 Å². The van der Waals surface area contributed by atoms with Crippen molar-refractivity contribution in [1.82, 2.24) is 15.0 Å². The Bertz CT molecular complexity index is 757. The second kappa shape index (κ2) is 4.24. The number of imidazole rings is 1. The zero-order valence-corrected chi connectivity index (χ0v) is 10.5. The number of carbonyl (C=O) groups is 1. The SMILES string of the molecule is Cc1nc2ccc(NC(=O)c3ncc(C)o3)cc2[nH]1. The number of H-pyrrole nitrogens is 1. The highest BCUT2D eigenvalue weighted by atomic mass is 16.4. The molecule has 0 unspecified atom stereocenters. The number of benzene rings is 1. The largest absolute Gasteiger partial charge is 0.438 e. The fraction of sp³-hybridized carbons (Fsp3) is 0.154. The molecule has 3 aromatic rings. The first-order chi connectivity index (χ1) is 9.11. The molecule has 0 aliphatic rings. The molecule has 2 heterocycles. The number of carbonyl (C=O) groups excluding carboxylic acids is 1. The van der Waals surface area contributed by atoms with Gasteiger partial charge in [0.25, 0.3) is 5.89 Å². The molecule has 2 aromatic heterocycles. The third-order valence-electron chi connectivity index (χ3n) is 2.67. The van der Waals surface area contributed by atoms with Crippen LogP contribution in [0.3, 0.4) is 0 Å². The topological polar surface area (TPSA) is 83.8 Å². The molecule has 0 aliphatic carbocycles. The lowest BCUT2D eigenvalue weighted by Gasteiger charge is -2.01. The smallest absolute Gasteiger partial charge is 0.311 e. The van der Waals surface area contributed by atoms with E-state index in [-0.39, 0.29) is 11.8 Å². The number of amides is 1. The van der Waals surface area contributed by atoms with Crippen molar-refractivity contribution >= 4 is 22.6 Å². The molecule has 0 radical (unpaired) electrons. The van der Waals surface area contributed by atoms with Crippen LogP contribution >= 0.6 is 0 Å². The molecule has 0 saturated heterocycles. The molecular formula is C13H12N4O2. The van der Waals surface area contributed by atoms with Gasteiger partial charge in [0.15, 0.2) is 0 Å². The molecule has 0 aliphatic heterocycles. The first-order valence-electron chi connectivity index (χ1n) is 5.82. The normalized spacial score (nSPS) is 10.8. The first-order valence-corrected chi connectivity index (χ1v) is 5.82. The number of hydrogen-bond acceptors (Lipinski definition) is 4. The molecule has 0 saturated carbocycles. The van der Waals surface area contributed by atoms with Crippen molar-refractivity contribution in [3.05, 3.63) is 41.9 Å². The highest BCUT2D eigenvalue weighted by molar-refractivity contribution is 6.01. The number of oxazole rings is 1. The van der Waals surface area contributed by atoms with Crippen LogP contribution in [0.25, 0.3) is 11.0 Å². The number of aryl methyl sites for hydroxylation is 2.